The van der Waals surface area contributed by atoms with Gasteiger partial charge in [0.2, 0.25) is 0 Å². The third-order valence-electron chi connectivity index (χ3n) is 2.53. The van der Waals surface area contributed by atoms with Gasteiger partial charge in [-0.05, 0) is 27.0 Å². The van der Waals surface area contributed by atoms with Crippen LogP contribution in [0.4, 0.5) is 0 Å². The molecule has 14 heavy (non-hydrogen) atoms. The standard InChI is InChI=1S/C10H18N4/c1-10(2,8-11)14(3)7-9-12-5-4-6-13-9/h4-6H,7-8,11H2,1-3H3. The lowest BCUT2D eigenvalue weighted by Gasteiger charge is -2.33. The molecule has 0 aliphatic heterocycles. The summed E-state index contributed by atoms with van der Waals surface area (Å²) in [6.07, 6.45) is 3.51. The third-order valence-corrected chi connectivity index (χ3v) is 2.53. The highest BCUT2D eigenvalue weighted by Gasteiger charge is 2.21. The van der Waals surface area contributed by atoms with E-state index in [1.807, 2.05) is 13.1 Å². The summed E-state index contributed by atoms with van der Waals surface area (Å²) in [6.45, 7) is 5.56. The predicted molar refractivity (Wildman–Crippen MR) is 56.6 cm³/mol. The number of likely N-dealkylation sites (N-methyl/N-ethyl adjacent to an activating group) is 1. The van der Waals surface area contributed by atoms with E-state index >= 15 is 0 Å². The molecule has 1 aromatic rings. The largest absolute Gasteiger partial charge is 0.329 e. The van der Waals surface area contributed by atoms with E-state index in [0.29, 0.717) is 6.54 Å². The average Bonchev–Trinajstić information content (AvgIpc) is 2.19. The van der Waals surface area contributed by atoms with Crippen LogP contribution >= 0.6 is 0 Å². The quantitative estimate of drug-likeness (QED) is 0.764. The van der Waals surface area contributed by atoms with Gasteiger partial charge in [-0.15, -0.1) is 0 Å². The van der Waals surface area contributed by atoms with Crippen molar-refractivity contribution in [1.29, 1.82) is 0 Å². The minimum atomic E-state index is -0.0147. The third kappa shape index (κ3) is 2.75. The molecule has 0 bridgehead atoms. The molecule has 0 saturated heterocycles. The maximum atomic E-state index is 5.68. The number of hydrogen-bond acceptors (Lipinski definition) is 4. The highest BCUT2D eigenvalue weighted by molar-refractivity contribution is 4.91. The topological polar surface area (TPSA) is 55.0 Å². The van der Waals surface area contributed by atoms with Gasteiger partial charge in [-0.3, -0.25) is 4.90 Å². The van der Waals surface area contributed by atoms with Gasteiger partial charge in [-0.2, -0.15) is 0 Å². The van der Waals surface area contributed by atoms with Crippen LogP contribution in [-0.4, -0.2) is 34.0 Å². The second kappa shape index (κ2) is 4.48. The van der Waals surface area contributed by atoms with Crippen LogP contribution in [-0.2, 0) is 6.54 Å². The Kier molecular flexibility index (Phi) is 3.55. The first-order valence-electron chi connectivity index (χ1n) is 4.73. The highest BCUT2D eigenvalue weighted by Crippen LogP contribution is 2.11. The van der Waals surface area contributed by atoms with Crippen LogP contribution in [0.2, 0.25) is 0 Å². The molecule has 0 fully saturated rings. The van der Waals surface area contributed by atoms with Gasteiger partial charge in [0.25, 0.3) is 0 Å². The van der Waals surface area contributed by atoms with E-state index in [-0.39, 0.29) is 5.54 Å². The Labute approximate surface area is 85.2 Å². The fourth-order valence-corrected chi connectivity index (χ4v) is 0.994. The van der Waals surface area contributed by atoms with Gasteiger partial charge in [0, 0.05) is 24.5 Å². The Hall–Kier alpha value is -1.00. The highest BCUT2D eigenvalue weighted by atomic mass is 15.2. The van der Waals surface area contributed by atoms with Gasteiger partial charge < -0.3 is 5.73 Å². The second-order valence-electron chi connectivity index (χ2n) is 4.04. The molecule has 78 valence electrons. The van der Waals surface area contributed by atoms with Crippen molar-refractivity contribution in [3.8, 4) is 0 Å². The summed E-state index contributed by atoms with van der Waals surface area (Å²) in [5, 5.41) is 0. The molecule has 0 radical (unpaired) electrons. The van der Waals surface area contributed by atoms with Crippen LogP contribution in [0.1, 0.15) is 19.7 Å². The van der Waals surface area contributed by atoms with Gasteiger partial charge in [0.15, 0.2) is 0 Å². The molecular weight excluding hydrogens is 176 g/mol. The van der Waals surface area contributed by atoms with Gasteiger partial charge in [-0.25, -0.2) is 9.97 Å². The molecule has 0 amide bonds. The Morgan fingerprint density at radius 2 is 1.93 bits per heavy atom. The molecule has 4 nitrogen and oxygen atoms in total. The lowest BCUT2D eigenvalue weighted by atomic mass is 10.0. The zero-order chi connectivity index (χ0) is 10.6. The maximum Gasteiger partial charge on any atom is 0.142 e. The number of nitrogens with zero attached hydrogens (tertiary/aromatic N) is 3. The van der Waals surface area contributed by atoms with Crippen molar-refractivity contribution in [1.82, 2.24) is 14.9 Å². The molecule has 1 rings (SSSR count). The number of aromatic nitrogens is 2. The SMILES string of the molecule is CN(Cc1ncccn1)C(C)(C)CN. The summed E-state index contributed by atoms with van der Waals surface area (Å²) in [4.78, 5) is 10.5. The number of rotatable bonds is 4. The molecule has 1 aromatic heterocycles. The minimum absolute atomic E-state index is 0.0147. The molecule has 0 spiro atoms. The van der Waals surface area contributed by atoms with E-state index in [1.165, 1.54) is 0 Å². The summed E-state index contributed by atoms with van der Waals surface area (Å²) < 4.78 is 0. The zero-order valence-corrected chi connectivity index (χ0v) is 9.07. The van der Waals surface area contributed by atoms with Crippen molar-refractivity contribution in [3.63, 3.8) is 0 Å². The van der Waals surface area contributed by atoms with Crippen LogP contribution in [0.15, 0.2) is 18.5 Å². The van der Waals surface area contributed by atoms with Crippen molar-refractivity contribution >= 4 is 0 Å². The van der Waals surface area contributed by atoms with Crippen LogP contribution in [0.25, 0.3) is 0 Å². The molecule has 0 saturated carbocycles. The van der Waals surface area contributed by atoms with Crippen molar-refractivity contribution < 1.29 is 0 Å². The van der Waals surface area contributed by atoms with E-state index in [9.17, 15) is 0 Å². The van der Waals surface area contributed by atoms with Crippen LogP contribution in [0.3, 0.4) is 0 Å². The van der Waals surface area contributed by atoms with Crippen molar-refractivity contribution in [3.05, 3.63) is 24.3 Å². The monoisotopic (exact) mass is 194 g/mol. The van der Waals surface area contributed by atoms with E-state index in [0.717, 1.165) is 12.4 Å². The van der Waals surface area contributed by atoms with Gasteiger partial charge in [-0.1, -0.05) is 0 Å². The molecule has 0 atom stereocenters. The Bertz CT molecular complexity index is 271. The lowest BCUT2D eigenvalue weighted by molar-refractivity contribution is 0.152. The fraction of sp³-hybridized carbons (Fsp3) is 0.600. The molecule has 1 heterocycles. The molecule has 4 heteroatoms. The van der Waals surface area contributed by atoms with Crippen molar-refractivity contribution in [2.45, 2.75) is 25.9 Å². The molecular formula is C10H18N4. The van der Waals surface area contributed by atoms with Crippen LogP contribution in [0, 0.1) is 0 Å². The van der Waals surface area contributed by atoms with Gasteiger partial charge in [0.05, 0.1) is 6.54 Å². The van der Waals surface area contributed by atoms with Crippen molar-refractivity contribution in [2.24, 2.45) is 5.73 Å². The van der Waals surface area contributed by atoms with E-state index < -0.39 is 0 Å². The first-order chi connectivity index (χ1) is 6.56. The molecule has 0 unspecified atom stereocenters. The first-order valence-corrected chi connectivity index (χ1v) is 4.73. The first kappa shape index (κ1) is 11.1. The summed E-state index contributed by atoms with van der Waals surface area (Å²) >= 11 is 0. The van der Waals surface area contributed by atoms with Crippen LogP contribution < -0.4 is 5.73 Å². The Morgan fingerprint density at radius 1 is 1.36 bits per heavy atom. The zero-order valence-electron chi connectivity index (χ0n) is 9.07. The number of hydrogen-bond donors (Lipinski definition) is 1. The maximum absolute atomic E-state index is 5.68. The molecule has 0 aliphatic rings. The summed E-state index contributed by atoms with van der Waals surface area (Å²) in [5.74, 6) is 0.830. The van der Waals surface area contributed by atoms with E-state index in [4.69, 9.17) is 5.73 Å². The smallest absolute Gasteiger partial charge is 0.142 e. The predicted octanol–water partition coefficient (Wildman–Crippen LogP) is 0.646. The van der Waals surface area contributed by atoms with Gasteiger partial charge >= 0.3 is 0 Å². The molecule has 0 aliphatic carbocycles. The fourth-order valence-electron chi connectivity index (χ4n) is 0.994. The van der Waals surface area contributed by atoms with Crippen LogP contribution in [0.5, 0.6) is 0 Å². The van der Waals surface area contributed by atoms with Crippen molar-refractivity contribution in [2.75, 3.05) is 13.6 Å². The lowest BCUT2D eigenvalue weighted by Crippen LogP contribution is -2.46. The summed E-state index contributed by atoms with van der Waals surface area (Å²) in [6, 6.07) is 1.82. The Morgan fingerprint density at radius 3 is 2.43 bits per heavy atom. The van der Waals surface area contributed by atoms with Gasteiger partial charge in [0.1, 0.15) is 5.82 Å². The summed E-state index contributed by atoms with van der Waals surface area (Å²) in [7, 11) is 2.03. The summed E-state index contributed by atoms with van der Waals surface area (Å²) in [5.41, 5.74) is 5.66. The molecule has 2 N–H and O–H groups in total. The minimum Gasteiger partial charge on any atom is -0.329 e. The van der Waals surface area contributed by atoms with E-state index in [1.54, 1.807) is 12.4 Å². The average molecular weight is 194 g/mol. The normalized spacial score (nSPS) is 12.1. The Balaban J connectivity index is 2.62. The number of nitrogens with two attached hydrogens (primary N) is 1. The second-order valence-corrected chi connectivity index (χ2v) is 4.04. The molecule has 0 aromatic carbocycles. The van der Waals surface area contributed by atoms with E-state index in [2.05, 4.69) is 28.7 Å².